The molecular weight excluding hydrogens is 250 g/mol. The van der Waals surface area contributed by atoms with Crippen molar-refractivity contribution in [2.75, 3.05) is 19.6 Å². The smallest absolute Gasteiger partial charge is 0.270 e. The SMILES string of the molecule is NCCCCCCCC1CCN(C(=O)c2ccc[nH]2)C1. The monoisotopic (exact) mass is 277 g/mol. The number of carbonyl (C=O) groups excluding carboxylic acids is 1. The second-order valence-electron chi connectivity index (χ2n) is 5.83. The highest BCUT2D eigenvalue weighted by Crippen LogP contribution is 2.23. The lowest BCUT2D eigenvalue weighted by atomic mass is 10.00. The number of hydrogen-bond donors (Lipinski definition) is 2. The normalized spacial score (nSPS) is 18.6. The Bertz CT molecular complexity index is 388. The van der Waals surface area contributed by atoms with Crippen LogP contribution in [0.5, 0.6) is 0 Å². The van der Waals surface area contributed by atoms with E-state index in [0.29, 0.717) is 11.6 Å². The molecule has 1 aromatic heterocycles. The minimum Gasteiger partial charge on any atom is -0.357 e. The maximum atomic E-state index is 12.2. The zero-order valence-electron chi connectivity index (χ0n) is 12.3. The first-order chi connectivity index (χ1) is 9.81. The fourth-order valence-electron chi connectivity index (χ4n) is 2.99. The van der Waals surface area contributed by atoms with Gasteiger partial charge in [0, 0.05) is 19.3 Å². The van der Waals surface area contributed by atoms with Gasteiger partial charge in [0.15, 0.2) is 0 Å². The van der Waals surface area contributed by atoms with Gasteiger partial charge in [0.2, 0.25) is 0 Å². The molecule has 1 aliphatic heterocycles. The van der Waals surface area contributed by atoms with Gasteiger partial charge in [0.05, 0.1) is 0 Å². The summed E-state index contributed by atoms with van der Waals surface area (Å²) in [7, 11) is 0. The van der Waals surface area contributed by atoms with E-state index in [1.54, 1.807) is 0 Å². The first kappa shape index (κ1) is 15.1. The van der Waals surface area contributed by atoms with Crippen molar-refractivity contribution in [2.24, 2.45) is 11.7 Å². The van der Waals surface area contributed by atoms with E-state index in [-0.39, 0.29) is 5.91 Å². The molecule has 1 aliphatic rings. The van der Waals surface area contributed by atoms with Gasteiger partial charge in [-0.15, -0.1) is 0 Å². The Balaban J connectivity index is 1.62. The summed E-state index contributed by atoms with van der Waals surface area (Å²) in [6, 6.07) is 3.73. The van der Waals surface area contributed by atoms with Gasteiger partial charge in [-0.2, -0.15) is 0 Å². The van der Waals surface area contributed by atoms with Crippen LogP contribution < -0.4 is 5.73 Å². The molecule has 0 saturated carbocycles. The third-order valence-electron chi connectivity index (χ3n) is 4.22. The molecule has 1 amide bonds. The number of aromatic nitrogens is 1. The summed E-state index contributed by atoms with van der Waals surface area (Å²) in [6.07, 6.45) is 10.5. The van der Waals surface area contributed by atoms with Crippen LogP contribution in [-0.4, -0.2) is 35.4 Å². The number of likely N-dealkylation sites (tertiary alicyclic amines) is 1. The van der Waals surface area contributed by atoms with Crippen LogP contribution in [0.25, 0.3) is 0 Å². The number of H-pyrrole nitrogens is 1. The van der Waals surface area contributed by atoms with Crippen molar-refractivity contribution >= 4 is 5.91 Å². The minimum absolute atomic E-state index is 0.153. The van der Waals surface area contributed by atoms with Crippen molar-refractivity contribution in [1.82, 2.24) is 9.88 Å². The highest BCUT2D eigenvalue weighted by atomic mass is 16.2. The highest BCUT2D eigenvalue weighted by Gasteiger charge is 2.26. The molecule has 2 heterocycles. The number of nitrogens with zero attached hydrogens (tertiary/aromatic N) is 1. The van der Waals surface area contributed by atoms with E-state index in [1.807, 2.05) is 23.2 Å². The lowest BCUT2D eigenvalue weighted by molar-refractivity contribution is 0.0781. The molecule has 1 aromatic rings. The first-order valence-electron chi connectivity index (χ1n) is 7.94. The molecule has 112 valence electrons. The van der Waals surface area contributed by atoms with E-state index in [4.69, 9.17) is 5.73 Å². The van der Waals surface area contributed by atoms with Gasteiger partial charge >= 0.3 is 0 Å². The lowest BCUT2D eigenvalue weighted by Gasteiger charge is -2.15. The third-order valence-corrected chi connectivity index (χ3v) is 4.22. The van der Waals surface area contributed by atoms with Crippen LogP contribution in [0.4, 0.5) is 0 Å². The maximum Gasteiger partial charge on any atom is 0.270 e. The fraction of sp³-hybridized carbons (Fsp3) is 0.688. The summed E-state index contributed by atoms with van der Waals surface area (Å²) in [6.45, 7) is 2.66. The number of hydrogen-bond acceptors (Lipinski definition) is 2. The van der Waals surface area contributed by atoms with Gasteiger partial charge in [-0.25, -0.2) is 0 Å². The van der Waals surface area contributed by atoms with E-state index >= 15 is 0 Å². The quantitative estimate of drug-likeness (QED) is 0.718. The van der Waals surface area contributed by atoms with Crippen LogP contribution in [0, 0.1) is 5.92 Å². The largest absolute Gasteiger partial charge is 0.357 e. The average Bonchev–Trinajstić information content (AvgIpc) is 3.13. The van der Waals surface area contributed by atoms with Crippen LogP contribution in [0.15, 0.2) is 18.3 Å². The molecule has 1 saturated heterocycles. The summed E-state index contributed by atoms with van der Waals surface area (Å²) < 4.78 is 0. The summed E-state index contributed by atoms with van der Waals surface area (Å²) in [4.78, 5) is 17.2. The number of carbonyl (C=O) groups is 1. The van der Waals surface area contributed by atoms with Crippen LogP contribution in [-0.2, 0) is 0 Å². The number of rotatable bonds is 8. The molecule has 1 unspecified atom stereocenters. The Morgan fingerprint density at radius 3 is 2.85 bits per heavy atom. The molecular formula is C16H27N3O. The Labute approximate surface area is 121 Å². The van der Waals surface area contributed by atoms with E-state index in [2.05, 4.69) is 4.98 Å². The van der Waals surface area contributed by atoms with Crippen LogP contribution >= 0.6 is 0 Å². The number of unbranched alkanes of at least 4 members (excludes halogenated alkanes) is 4. The molecule has 0 aliphatic carbocycles. The summed E-state index contributed by atoms with van der Waals surface area (Å²) in [5, 5.41) is 0. The standard InChI is InChI=1S/C16H27N3O/c17-10-5-3-1-2-4-7-14-9-12-19(13-14)16(20)15-8-6-11-18-15/h6,8,11,14,18H,1-5,7,9-10,12-13,17H2. The van der Waals surface area contributed by atoms with Gasteiger partial charge in [-0.1, -0.05) is 25.7 Å². The Morgan fingerprint density at radius 2 is 2.10 bits per heavy atom. The van der Waals surface area contributed by atoms with E-state index in [9.17, 15) is 4.79 Å². The molecule has 0 radical (unpaired) electrons. The zero-order valence-corrected chi connectivity index (χ0v) is 12.3. The van der Waals surface area contributed by atoms with Crippen LogP contribution in [0.2, 0.25) is 0 Å². The molecule has 3 N–H and O–H groups in total. The van der Waals surface area contributed by atoms with Crippen molar-refractivity contribution < 1.29 is 4.79 Å². The molecule has 0 aromatic carbocycles. The second-order valence-corrected chi connectivity index (χ2v) is 5.83. The first-order valence-corrected chi connectivity index (χ1v) is 7.94. The van der Waals surface area contributed by atoms with Crippen LogP contribution in [0.3, 0.4) is 0 Å². The third kappa shape index (κ3) is 4.37. The van der Waals surface area contributed by atoms with Gasteiger partial charge < -0.3 is 15.6 Å². The van der Waals surface area contributed by atoms with Crippen molar-refractivity contribution in [2.45, 2.75) is 44.9 Å². The van der Waals surface area contributed by atoms with Crippen molar-refractivity contribution in [3.8, 4) is 0 Å². The molecule has 4 nitrogen and oxygen atoms in total. The maximum absolute atomic E-state index is 12.2. The minimum atomic E-state index is 0.153. The molecule has 1 atom stereocenters. The topological polar surface area (TPSA) is 62.1 Å². The van der Waals surface area contributed by atoms with E-state index in [1.165, 1.54) is 32.1 Å². The number of nitrogens with one attached hydrogen (secondary N) is 1. The Morgan fingerprint density at radius 1 is 1.30 bits per heavy atom. The summed E-state index contributed by atoms with van der Waals surface area (Å²) in [5.41, 5.74) is 6.20. The molecule has 0 bridgehead atoms. The molecule has 0 spiro atoms. The van der Waals surface area contributed by atoms with Gasteiger partial charge in [-0.05, 0) is 43.9 Å². The average molecular weight is 277 g/mol. The molecule has 4 heteroatoms. The molecule has 1 fully saturated rings. The number of amides is 1. The Hall–Kier alpha value is -1.29. The second kappa shape index (κ2) is 8.10. The fourth-order valence-corrected chi connectivity index (χ4v) is 2.99. The van der Waals surface area contributed by atoms with Gasteiger partial charge in [-0.3, -0.25) is 4.79 Å². The van der Waals surface area contributed by atoms with Gasteiger partial charge in [0.25, 0.3) is 5.91 Å². The van der Waals surface area contributed by atoms with Crippen molar-refractivity contribution in [3.63, 3.8) is 0 Å². The van der Waals surface area contributed by atoms with E-state index < -0.39 is 0 Å². The number of nitrogens with two attached hydrogens (primary N) is 1. The zero-order chi connectivity index (χ0) is 14.2. The lowest BCUT2D eigenvalue weighted by Crippen LogP contribution is -2.28. The van der Waals surface area contributed by atoms with E-state index in [0.717, 1.165) is 32.5 Å². The van der Waals surface area contributed by atoms with Crippen molar-refractivity contribution in [1.29, 1.82) is 0 Å². The summed E-state index contributed by atoms with van der Waals surface area (Å²) in [5.74, 6) is 0.851. The predicted octanol–water partition coefficient (Wildman–Crippen LogP) is 2.78. The Kier molecular flexibility index (Phi) is 6.12. The summed E-state index contributed by atoms with van der Waals surface area (Å²) >= 11 is 0. The molecule has 20 heavy (non-hydrogen) atoms. The molecule has 2 rings (SSSR count). The number of aromatic amines is 1. The highest BCUT2D eigenvalue weighted by molar-refractivity contribution is 5.92. The van der Waals surface area contributed by atoms with Crippen LogP contribution in [0.1, 0.15) is 55.4 Å². The van der Waals surface area contributed by atoms with Gasteiger partial charge in [0.1, 0.15) is 5.69 Å². The predicted molar refractivity (Wildman–Crippen MR) is 81.6 cm³/mol. The van der Waals surface area contributed by atoms with Crippen molar-refractivity contribution in [3.05, 3.63) is 24.0 Å².